The minimum absolute atomic E-state index is 0.0608. The maximum absolute atomic E-state index is 12.4. The van der Waals surface area contributed by atoms with E-state index in [4.69, 9.17) is 27.5 Å². The molecule has 0 radical (unpaired) electrons. The summed E-state index contributed by atoms with van der Waals surface area (Å²) in [6, 6.07) is 1.08. The third-order valence-electron chi connectivity index (χ3n) is 5.87. The van der Waals surface area contributed by atoms with Crippen molar-refractivity contribution in [2.75, 3.05) is 32.3 Å². The van der Waals surface area contributed by atoms with E-state index >= 15 is 0 Å². The van der Waals surface area contributed by atoms with Crippen LogP contribution >= 0.6 is 11.6 Å². The molecule has 1 aromatic carbocycles. The molecule has 0 bridgehead atoms. The maximum Gasteiger partial charge on any atom is 0.246 e. The highest BCUT2D eigenvalue weighted by molar-refractivity contribution is 6.32. The number of nitrogens with two attached hydrogens (primary N) is 1. The average molecular weight is 499 g/mol. The Bertz CT molecular complexity index is 1270. The number of nitrogens with one attached hydrogen (secondary N) is 2. The van der Waals surface area contributed by atoms with Crippen LogP contribution in [0.25, 0.3) is 11.1 Å². The molecule has 10 nitrogen and oxygen atoms in total. The van der Waals surface area contributed by atoms with E-state index in [0.29, 0.717) is 22.2 Å². The largest absolute Gasteiger partial charge is 0.496 e. The summed E-state index contributed by atoms with van der Waals surface area (Å²) in [7, 11) is 5.02. The molecular weight excluding hydrogens is 468 g/mol. The number of nitrogen functional groups attached to an aromatic ring is 1. The summed E-state index contributed by atoms with van der Waals surface area (Å²) in [6.07, 6.45) is 4.87. The first kappa shape index (κ1) is 26.0. The molecule has 11 heteroatoms. The van der Waals surface area contributed by atoms with Crippen molar-refractivity contribution in [1.29, 1.82) is 5.41 Å². The SMILES string of the molecule is COc1c(C(C)Nc2ncnc(N)c2C(C)=N)cc(Cl)c(C)c1-c1cnn(C(C)C(=O)N(C)C)c1. The molecule has 35 heavy (non-hydrogen) atoms. The maximum atomic E-state index is 12.4. The smallest absolute Gasteiger partial charge is 0.246 e. The van der Waals surface area contributed by atoms with E-state index in [1.54, 1.807) is 45.9 Å². The Morgan fingerprint density at radius 3 is 2.60 bits per heavy atom. The predicted molar refractivity (Wildman–Crippen MR) is 138 cm³/mol. The molecule has 0 aliphatic carbocycles. The van der Waals surface area contributed by atoms with E-state index in [0.717, 1.165) is 22.3 Å². The monoisotopic (exact) mass is 498 g/mol. The van der Waals surface area contributed by atoms with Crippen LogP contribution < -0.4 is 15.8 Å². The number of anilines is 2. The van der Waals surface area contributed by atoms with E-state index in [2.05, 4.69) is 20.4 Å². The van der Waals surface area contributed by atoms with Crippen molar-refractivity contribution < 1.29 is 9.53 Å². The normalized spacial score (nSPS) is 12.7. The lowest BCUT2D eigenvalue weighted by atomic mass is 9.95. The van der Waals surface area contributed by atoms with Gasteiger partial charge in [-0.15, -0.1) is 0 Å². The standard InChI is InChI=1S/C24H31ClN8O2/c1-12-18(25)8-17(14(3)31-23-20(13(2)26)22(27)28-11-29-23)21(35-7)19(12)16-9-30-33(10-16)15(4)24(34)32(5)6/h8-11,14-15,26H,1-7H3,(H3,27,28,29,31). The highest BCUT2D eigenvalue weighted by Gasteiger charge is 2.25. The number of hydrogen-bond donors (Lipinski definition) is 3. The first-order chi connectivity index (χ1) is 16.5. The van der Waals surface area contributed by atoms with Crippen LogP contribution in [0.5, 0.6) is 5.75 Å². The summed E-state index contributed by atoms with van der Waals surface area (Å²) in [5, 5.41) is 16.4. The molecule has 0 aliphatic rings. The van der Waals surface area contributed by atoms with Gasteiger partial charge in [0.05, 0.1) is 24.9 Å². The molecule has 2 atom stereocenters. The number of carbonyl (C=O) groups excluding carboxylic acids is 1. The summed E-state index contributed by atoms with van der Waals surface area (Å²) >= 11 is 6.66. The Balaban J connectivity index is 2.08. The lowest BCUT2D eigenvalue weighted by Gasteiger charge is -2.23. The zero-order valence-corrected chi connectivity index (χ0v) is 21.7. The molecule has 1 amide bonds. The van der Waals surface area contributed by atoms with Crippen LogP contribution in [0.4, 0.5) is 11.6 Å². The second-order valence-electron chi connectivity index (χ2n) is 8.57. The van der Waals surface area contributed by atoms with Crippen LogP contribution in [0, 0.1) is 12.3 Å². The highest BCUT2D eigenvalue weighted by Crippen LogP contribution is 2.43. The fraction of sp³-hybridized carbons (Fsp3) is 0.375. The van der Waals surface area contributed by atoms with Crippen LogP contribution in [0.1, 0.15) is 49.5 Å². The van der Waals surface area contributed by atoms with Crippen molar-refractivity contribution in [2.24, 2.45) is 0 Å². The number of hydrogen-bond acceptors (Lipinski definition) is 8. The van der Waals surface area contributed by atoms with Gasteiger partial charge in [-0.3, -0.25) is 9.48 Å². The van der Waals surface area contributed by atoms with Crippen molar-refractivity contribution >= 4 is 34.9 Å². The van der Waals surface area contributed by atoms with Crippen molar-refractivity contribution in [3.05, 3.63) is 46.5 Å². The number of amides is 1. The van der Waals surface area contributed by atoms with Crippen LogP contribution in [0.2, 0.25) is 5.02 Å². The zero-order valence-electron chi connectivity index (χ0n) is 21.0. The van der Waals surface area contributed by atoms with Gasteiger partial charge in [-0.1, -0.05) is 11.6 Å². The number of ether oxygens (including phenoxy) is 1. The minimum atomic E-state index is -0.463. The van der Waals surface area contributed by atoms with E-state index < -0.39 is 6.04 Å². The second kappa shape index (κ2) is 10.3. The van der Waals surface area contributed by atoms with Gasteiger partial charge in [-0.25, -0.2) is 9.97 Å². The van der Waals surface area contributed by atoms with Gasteiger partial charge in [0.25, 0.3) is 0 Å². The first-order valence-electron chi connectivity index (χ1n) is 11.0. The molecular formula is C24H31ClN8O2. The predicted octanol–water partition coefficient (Wildman–Crippen LogP) is 4.10. The fourth-order valence-corrected chi connectivity index (χ4v) is 4.17. The Hall–Kier alpha value is -3.66. The van der Waals surface area contributed by atoms with Crippen molar-refractivity contribution in [3.8, 4) is 16.9 Å². The van der Waals surface area contributed by atoms with Gasteiger partial charge < -0.3 is 26.1 Å². The third-order valence-corrected chi connectivity index (χ3v) is 6.26. The van der Waals surface area contributed by atoms with Crippen molar-refractivity contribution in [3.63, 3.8) is 0 Å². The summed E-state index contributed by atoms with van der Waals surface area (Å²) < 4.78 is 7.50. The molecule has 3 aromatic rings. The molecule has 0 fully saturated rings. The van der Waals surface area contributed by atoms with Gasteiger partial charge in [0.1, 0.15) is 29.8 Å². The second-order valence-corrected chi connectivity index (χ2v) is 8.98. The molecule has 4 N–H and O–H groups in total. The van der Waals surface area contributed by atoms with Crippen LogP contribution in [0.15, 0.2) is 24.8 Å². The molecule has 0 aliphatic heterocycles. The Morgan fingerprint density at radius 2 is 2.00 bits per heavy atom. The molecule has 2 unspecified atom stereocenters. The van der Waals surface area contributed by atoms with E-state index in [9.17, 15) is 4.79 Å². The number of nitrogens with zero attached hydrogens (tertiary/aromatic N) is 5. The number of rotatable bonds is 8. The molecule has 186 valence electrons. The average Bonchev–Trinajstić information content (AvgIpc) is 3.28. The van der Waals surface area contributed by atoms with E-state index in [-0.39, 0.29) is 23.5 Å². The Kier molecular flexibility index (Phi) is 7.64. The van der Waals surface area contributed by atoms with Gasteiger partial charge in [-0.2, -0.15) is 5.10 Å². The van der Waals surface area contributed by atoms with Gasteiger partial charge in [0.2, 0.25) is 5.91 Å². The first-order valence-corrected chi connectivity index (χ1v) is 11.4. The minimum Gasteiger partial charge on any atom is -0.496 e. The lowest BCUT2D eigenvalue weighted by Crippen LogP contribution is -2.30. The molecule has 3 rings (SSSR count). The van der Waals surface area contributed by atoms with Gasteiger partial charge in [0, 0.05) is 47.7 Å². The molecule has 2 heterocycles. The van der Waals surface area contributed by atoms with Gasteiger partial charge >= 0.3 is 0 Å². The fourth-order valence-electron chi connectivity index (χ4n) is 3.96. The highest BCUT2D eigenvalue weighted by atomic mass is 35.5. The number of halogens is 1. The van der Waals surface area contributed by atoms with Gasteiger partial charge in [0.15, 0.2) is 0 Å². The molecule has 2 aromatic heterocycles. The topological polar surface area (TPSA) is 135 Å². The Morgan fingerprint density at radius 1 is 1.31 bits per heavy atom. The number of methoxy groups -OCH3 is 1. The molecule has 0 spiro atoms. The third kappa shape index (κ3) is 5.07. The summed E-state index contributed by atoms with van der Waals surface area (Å²) in [5.41, 5.74) is 9.85. The van der Waals surface area contributed by atoms with E-state index in [1.165, 1.54) is 11.2 Å². The number of likely N-dealkylation sites (N-methyl/N-ethyl adjacent to an activating group) is 1. The molecule has 0 saturated heterocycles. The van der Waals surface area contributed by atoms with Crippen molar-refractivity contribution in [1.82, 2.24) is 24.6 Å². The zero-order chi connectivity index (χ0) is 26.0. The molecule has 0 saturated carbocycles. The van der Waals surface area contributed by atoms with Crippen molar-refractivity contribution in [2.45, 2.75) is 39.8 Å². The van der Waals surface area contributed by atoms with Crippen LogP contribution in [0.3, 0.4) is 0 Å². The summed E-state index contributed by atoms with van der Waals surface area (Å²) in [6.45, 7) is 7.28. The number of aromatic nitrogens is 4. The van der Waals surface area contributed by atoms with E-state index in [1.807, 2.05) is 26.1 Å². The Labute approximate surface area is 210 Å². The number of benzene rings is 1. The summed E-state index contributed by atoms with van der Waals surface area (Å²) in [5.74, 6) is 1.23. The van der Waals surface area contributed by atoms with Crippen LogP contribution in [-0.4, -0.2) is 57.5 Å². The lowest BCUT2D eigenvalue weighted by molar-refractivity contribution is -0.131. The summed E-state index contributed by atoms with van der Waals surface area (Å²) in [4.78, 5) is 22.2. The van der Waals surface area contributed by atoms with Crippen LogP contribution in [-0.2, 0) is 4.79 Å². The van der Waals surface area contributed by atoms with Gasteiger partial charge in [-0.05, 0) is 39.3 Å². The quantitative estimate of drug-likeness (QED) is 0.398. The number of carbonyl (C=O) groups is 1.